The zero-order chi connectivity index (χ0) is 9.52. The molecule has 0 radical (unpaired) electrons. The second-order valence-corrected chi connectivity index (χ2v) is 3.95. The Kier molecular flexibility index (Phi) is 5.32. The summed E-state index contributed by atoms with van der Waals surface area (Å²) < 4.78 is 11.9. The molecule has 78 valence electrons. The highest BCUT2D eigenvalue weighted by atomic mass is 19.1. The number of nitrogens with zero attached hydrogens (tertiary/aromatic N) is 1. The average Bonchev–Trinajstić information content (AvgIpc) is 2.16. The molecule has 1 aliphatic rings. The first kappa shape index (κ1) is 10.9. The summed E-state index contributed by atoms with van der Waals surface area (Å²) in [6.07, 6.45) is 4.60. The molecule has 0 aromatic heterocycles. The van der Waals surface area contributed by atoms with Gasteiger partial charge in [0.25, 0.3) is 0 Å². The lowest BCUT2D eigenvalue weighted by molar-refractivity contribution is 0.252. The van der Waals surface area contributed by atoms with E-state index in [1.807, 2.05) is 0 Å². The fraction of sp³-hybridized carbons (Fsp3) is 1.00. The van der Waals surface area contributed by atoms with Crippen LogP contribution < -0.4 is 5.32 Å². The Balaban J connectivity index is 2.07. The fourth-order valence-electron chi connectivity index (χ4n) is 1.88. The minimum absolute atomic E-state index is 0.192. The molecular weight excluding hydrogens is 167 g/mol. The first-order valence-corrected chi connectivity index (χ1v) is 5.31. The van der Waals surface area contributed by atoms with Crippen LogP contribution in [0, 0.1) is 0 Å². The van der Waals surface area contributed by atoms with Gasteiger partial charge in [0, 0.05) is 19.1 Å². The van der Waals surface area contributed by atoms with Crippen molar-refractivity contribution in [3.05, 3.63) is 0 Å². The predicted molar refractivity (Wildman–Crippen MR) is 53.7 cm³/mol. The van der Waals surface area contributed by atoms with E-state index in [4.69, 9.17) is 0 Å². The Morgan fingerprint density at radius 1 is 1.46 bits per heavy atom. The van der Waals surface area contributed by atoms with E-state index in [0.29, 0.717) is 12.5 Å². The standard InChI is InChI=1S/C10H21FN2/c1-13(8-4-6-11)9-10-5-2-3-7-12-10/h10,12H,2-9H2,1H3. The van der Waals surface area contributed by atoms with Crippen LogP contribution in [0.3, 0.4) is 0 Å². The molecule has 1 atom stereocenters. The Morgan fingerprint density at radius 3 is 2.92 bits per heavy atom. The van der Waals surface area contributed by atoms with Gasteiger partial charge in [0.2, 0.25) is 0 Å². The summed E-state index contributed by atoms with van der Waals surface area (Å²) in [5.41, 5.74) is 0. The molecule has 0 aromatic carbocycles. The van der Waals surface area contributed by atoms with Gasteiger partial charge >= 0.3 is 0 Å². The summed E-state index contributed by atoms with van der Waals surface area (Å²) >= 11 is 0. The van der Waals surface area contributed by atoms with Crippen LogP contribution in [-0.2, 0) is 0 Å². The van der Waals surface area contributed by atoms with Crippen molar-refractivity contribution in [3.8, 4) is 0 Å². The van der Waals surface area contributed by atoms with Crippen molar-refractivity contribution >= 4 is 0 Å². The van der Waals surface area contributed by atoms with Crippen LogP contribution in [0.5, 0.6) is 0 Å². The van der Waals surface area contributed by atoms with Crippen LogP contribution >= 0.6 is 0 Å². The number of alkyl halides is 1. The molecular formula is C10H21FN2. The number of halogens is 1. The number of hydrogen-bond acceptors (Lipinski definition) is 2. The first-order chi connectivity index (χ1) is 6.33. The van der Waals surface area contributed by atoms with Crippen LogP contribution in [0.25, 0.3) is 0 Å². The summed E-state index contributed by atoms with van der Waals surface area (Å²) in [5, 5.41) is 3.49. The number of likely N-dealkylation sites (N-methyl/N-ethyl adjacent to an activating group) is 1. The maximum Gasteiger partial charge on any atom is 0.0906 e. The Labute approximate surface area is 80.5 Å². The molecule has 0 aliphatic carbocycles. The SMILES string of the molecule is CN(CCCF)CC1CCCCN1. The molecule has 0 bridgehead atoms. The van der Waals surface area contributed by atoms with E-state index in [9.17, 15) is 4.39 Å². The van der Waals surface area contributed by atoms with Crippen LogP contribution in [-0.4, -0.2) is 44.3 Å². The predicted octanol–water partition coefficient (Wildman–Crippen LogP) is 1.42. The smallest absolute Gasteiger partial charge is 0.0906 e. The van der Waals surface area contributed by atoms with Gasteiger partial charge in [-0.3, -0.25) is 4.39 Å². The molecule has 1 fully saturated rings. The summed E-state index contributed by atoms with van der Waals surface area (Å²) in [7, 11) is 2.08. The quantitative estimate of drug-likeness (QED) is 0.702. The maximum atomic E-state index is 11.9. The van der Waals surface area contributed by atoms with Gasteiger partial charge in [-0.1, -0.05) is 6.42 Å². The average molecular weight is 188 g/mol. The molecule has 1 unspecified atom stereocenters. The molecule has 2 nitrogen and oxygen atoms in total. The zero-order valence-electron chi connectivity index (χ0n) is 8.56. The first-order valence-electron chi connectivity index (χ1n) is 5.31. The summed E-state index contributed by atoms with van der Waals surface area (Å²) in [4.78, 5) is 2.22. The fourth-order valence-corrected chi connectivity index (χ4v) is 1.88. The molecule has 0 spiro atoms. The van der Waals surface area contributed by atoms with Crippen LogP contribution in [0.15, 0.2) is 0 Å². The monoisotopic (exact) mass is 188 g/mol. The minimum Gasteiger partial charge on any atom is -0.313 e. The molecule has 1 N–H and O–H groups in total. The maximum absolute atomic E-state index is 11.9. The van der Waals surface area contributed by atoms with Crippen LogP contribution in [0.4, 0.5) is 4.39 Å². The number of hydrogen-bond donors (Lipinski definition) is 1. The topological polar surface area (TPSA) is 15.3 Å². The largest absolute Gasteiger partial charge is 0.313 e. The second kappa shape index (κ2) is 6.33. The zero-order valence-corrected chi connectivity index (χ0v) is 8.56. The van der Waals surface area contributed by atoms with E-state index in [1.54, 1.807) is 0 Å². The van der Waals surface area contributed by atoms with Crippen molar-refractivity contribution in [3.63, 3.8) is 0 Å². The normalized spacial score (nSPS) is 23.8. The molecule has 0 amide bonds. The molecule has 0 saturated carbocycles. The Hall–Kier alpha value is -0.150. The molecule has 1 aliphatic heterocycles. The Bertz CT molecular complexity index is 124. The number of piperidine rings is 1. The number of nitrogens with one attached hydrogen (secondary N) is 1. The second-order valence-electron chi connectivity index (χ2n) is 3.95. The van der Waals surface area contributed by atoms with Crippen molar-refractivity contribution < 1.29 is 4.39 Å². The van der Waals surface area contributed by atoms with Crippen LogP contribution in [0.1, 0.15) is 25.7 Å². The van der Waals surface area contributed by atoms with Gasteiger partial charge < -0.3 is 10.2 Å². The van der Waals surface area contributed by atoms with E-state index < -0.39 is 0 Å². The van der Waals surface area contributed by atoms with Gasteiger partial charge in [0.1, 0.15) is 0 Å². The third kappa shape index (κ3) is 4.58. The molecule has 1 saturated heterocycles. The lowest BCUT2D eigenvalue weighted by atomic mass is 10.0. The van der Waals surface area contributed by atoms with E-state index in [1.165, 1.54) is 19.3 Å². The van der Waals surface area contributed by atoms with Crippen molar-refractivity contribution in [2.24, 2.45) is 0 Å². The highest BCUT2D eigenvalue weighted by molar-refractivity contribution is 4.74. The van der Waals surface area contributed by atoms with E-state index in [2.05, 4.69) is 17.3 Å². The third-order valence-corrected chi connectivity index (χ3v) is 2.62. The van der Waals surface area contributed by atoms with Crippen LogP contribution in [0.2, 0.25) is 0 Å². The van der Waals surface area contributed by atoms with Gasteiger partial charge in [-0.15, -0.1) is 0 Å². The summed E-state index contributed by atoms with van der Waals surface area (Å²) in [6.45, 7) is 2.92. The minimum atomic E-state index is -0.192. The van der Waals surface area contributed by atoms with Gasteiger partial charge in [0.15, 0.2) is 0 Å². The van der Waals surface area contributed by atoms with Gasteiger partial charge in [-0.25, -0.2) is 0 Å². The van der Waals surface area contributed by atoms with Crippen molar-refractivity contribution in [1.82, 2.24) is 10.2 Å². The highest BCUT2D eigenvalue weighted by Crippen LogP contribution is 2.07. The van der Waals surface area contributed by atoms with E-state index in [-0.39, 0.29) is 6.67 Å². The molecule has 0 aromatic rings. The lowest BCUT2D eigenvalue weighted by Gasteiger charge is -2.27. The van der Waals surface area contributed by atoms with Gasteiger partial charge in [0.05, 0.1) is 6.67 Å². The summed E-state index contributed by atoms with van der Waals surface area (Å²) in [5.74, 6) is 0. The molecule has 13 heavy (non-hydrogen) atoms. The van der Waals surface area contributed by atoms with Crippen molar-refractivity contribution in [2.75, 3.05) is 33.4 Å². The third-order valence-electron chi connectivity index (χ3n) is 2.62. The van der Waals surface area contributed by atoms with Crippen molar-refractivity contribution in [1.29, 1.82) is 0 Å². The summed E-state index contributed by atoms with van der Waals surface area (Å²) in [6, 6.07) is 0.637. The van der Waals surface area contributed by atoms with Crippen molar-refractivity contribution in [2.45, 2.75) is 31.7 Å². The molecule has 3 heteroatoms. The van der Waals surface area contributed by atoms with E-state index in [0.717, 1.165) is 19.6 Å². The van der Waals surface area contributed by atoms with Gasteiger partial charge in [-0.2, -0.15) is 0 Å². The molecule has 1 rings (SSSR count). The molecule has 1 heterocycles. The lowest BCUT2D eigenvalue weighted by Crippen LogP contribution is -2.42. The van der Waals surface area contributed by atoms with Gasteiger partial charge in [-0.05, 0) is 32.9 Å². The number of rotatable bonds is 5. The highest BCUT2D eigenvalue weighted by Gasteiger charge is 2.13. The Morgan fingerprint density at radius 2 is 2.31 bits per heavy atom. The van der Waals surface area contributed by atoms with E-state index >= 15 is 0 Å².